The van der Waals surface area contributed by atoms with Gasteiger partial charge < -0.3 is 14.4 Å². The van der Waals surface area contributed by atoms with E-state index in [2.05, 4.69) is 47.7 Å². The number of carboxylic acid groups (broad SMARTS) is 1. The van der Waals surface area contributed by atoms with Crippen LogP contribution in [-0.2, 0) is 13.2 Å². The number of allylic oxidation sites excluding steroid dienone is 1. The van der Waals surface area contributed by atoms with Crippen molar-refractivity contribution in [3.05, 3.63) is 100 Å². The van der Waals surface area contributed by atoms with Crippen molar-refractivity contribution in [3.8, 4) is 5.75 Å². The summed E-state index contributed by atoms with van der Waals surface area (Å²) in [5.41, 5.74) is 8.64. The van der Waals surface area contributed by atoms with Crippen LogP contribution >= 0.6 is 0 Å². The summed E-state index contributed by atoms with van der Waals surface area (Å²) in [6.45, 7) is 5.24. The highest BCUT2D eigenvalue weighted by atomic mass is 16.5. The predicted octanol–water partition coefficient (Wildman–Crippen LogP) is 5.38. The lowest BCUT2D eigenvalue weighted by Gasteiger charge is -2.12. The summed E-state index contributed by atoms with van der Waals surface area (Å²) in [7, 11) is 0. The molecule has 5 heteroatoms. The Kier molecular flexibility index (Phi) is 4.59. The van der Waals surface area contributed by atoms with Crippen molar-refractivity contribution in [1.82, 2.24) is 9.55 Å². The van der Waals surface area contributed by atoms with E-state index in [1.54, 1.807) is 18.2 Å². The fourth-order valence-corrected chi connectivity index (χ4v) is 4.13. The van der Waals surface area contributed by atoms with Crippen molar-refractivity contribution in [2.24, 2.45) is 0 Å². The van der Waals surface area contributed by atoms with Crippen molar-refractivity contribution in [2.45, 2.75) is 27.0 Å². The molecule has 0 unspecified atom stereocenters. The SMILES string of the molecule is Cc1ccc2c(ncn2C/C=C2\c3ccccc3COc3ccc(C(=O)O)cc32)c1C. The molecule has 2 heterocycles. The molecule has 0 bridgehead atoms. The number of aryl methyl sites for hydroxylation is 2. The maximum atomic E-state index is 11.6. The van der Waals surface area contributed by atoms with Crippen LogP contribution in [0.2, 0.25) is 0 Å². The number of aromatic carboxylic acids is 1. The molecule has 5 rings (SSSR count). The highest BCUT2D eigenvalue weighted by Gasteiger charge is 2.20. The molecule has 0 spiro atoms. The molecule has 31 heavy (non-hydrogen) atoms. The standard InChI is InChI=1S/C26H22N2O3/c1-16-7-9-23-25(17(16)2)27-15-28(23)12-11-21-20-6-4-3-5-19(20)14-31-24-10-8-18(26(29)30)13-22(21)24/h3-11,13,15H,12,14H2,1-2H3,(H,29,30)/b21-11+. The predicted molar refractivity (Wildman–Crippen MR) is 120 cm³/mol. The second kappa shape index (κ2) is 7.43. The number of benzene rings is 3. The Morgan fingerprint density at radius 2 is 1.97 bits per heavy atom. The summed E-state index contributed by atoms with van der Waals surface area (Å²) in [5, 5.41) is 9.51. The Hall–Kier alpha value is -3.86. The van der Waals surface area contributed by atoms with Gasteiger partial charge in [0.05, 0.1) is 22.9 Å². The van der Waals surface area contributed by atoms with Gasteiger partial charge in [0.25, 0.3) is 0 Å². The van der Waals surface area contributed by atoms with Gasteiger partial charge in [0.2, 0.25) is 0 Å². The monoisotopic (exact) mass is 410 g/mol. The number of carboxylic acids is 1. The normalized spacial score (nSPS) is 14.1. The number of nitrogens with zero attached hydrogens (tertiary/aromatic N) is 2. The summed E-state index contributed by atoms with van der Waals surface area (Å²) >= 11 is 0. The van der Waals surface area contributed by atoms with E-state index in [9.17, 15) is 9.90 Å². The van der Waals surface area contributed by atoms with E-state index in [1.807, 2.05) is 24.5 Å². The smallest absolute Gasteiger partial charge is 0.335 e. The first-order valence-corrected chi connectivity index (χ1v) is 10.2. The average Bonchev–Trinajstić information content (AvgIpc) is 3.12. The van der Waals surface area contributed by atoms with E-state index < -0.39 is 5.97 Å². The lowest BCUT2D eigenvalue weighted by atomic mass is 9.93. The average molecular weight is 410 g/mol. The Balaban J connectivity index is 1.66. The molecule has 1 aliphatic rings. The van der Waals surface area contributed by atoms with Gasteiger partial charge in [0.1, 0.15) is 12.4 Å². The molecule has 1 N–H and O–H groups in total. The Bertz CT molecular complexity index is 1360. The van der Waals surface area contributed by atoms with Crippen molar-refractivity contribution < 1.29 is 14.6 Å². The molecule has 1 aliphatic heterocycles. The number of carbonyl (C=O) groups is 1. The molecule has 0 aliphatic carbocycles. The molecular formula is C26H22N2O3. The van der Waals surface area contributed by atoms with Crippen molar-refractivity contribution in [1.29, 1.82) is 0 Å². The van der Waals surface area contributed by atoms with Gasteiger partial charge in [-0.1, -0.05) is 36.4 Å². The second-order valence-corrected chi connectivity index (χ2v) is 7.85. The maximum absolute atomic E-state index is 11.6. The van der Waals surface area contributed by atoms with Crippen LogP contribution in [0, 0.1) is 13.8 Å². The molecular weight excluding hydrogens is 388 g/mol. The molecule has 0 saturated carbocycles. The lowest BCUT2D eigenvalue weighted by molar-refractivity contribution is 0.0697. The van der Waals surface area contributed by atoms with Crippen molar-refractivity contribution in [2.75, 3.05) is 0 Å². The van der Waals surface area contributed by atoms with Gasteiger partial charge in [-0.05, 0) is 65.9 Å². The molecule has 4 aromatic rings. The molecule has 0 atom stereocenters. The molecule has 0 saturated heterocycles. The van der Waals surface area contributed by atoms with E-state index in [0.717, 1.165) is 33.3 Å². The van der Waals surface area contributed by atoms with Gasteiger partial charge in [-0.2, -0.15) is 0 Å². The van der Waals surface area contributed by atoms with Crippen LogP contribution in [0.4, 0.5) is 0 Å². The first-order chi connectivity index (χ1) is 15.0. The summed E-state index contributed by atoms with van der Waals surface area (Å²) in [6, 6.07) is 17.4. The minimum Gasteiger partial charge on any atom is -0.488 e. The number of hydrogen-bond acceptors (Lipinski definition) is 3. The van der Waals surface area contributed by atoms with E-state index in [4.69, 9.17) is 4.74 Å². The molecule has 0 radical (unpaired) electrons. The molecule has 0 amide bonds. The van der Waals surface area contributed by atoms with Crippen LogP contribution in [-0.4, -0.2) is 20.6 Å². The minimum atomic E-state index is -0.953. The van der Waals surface area contributed by atoms with Crippen LogP contribution in [0.25, 0.3) is 16.6 Å². The Labute approximate surface area is 180 Å². The zero-order chi connectivity index (χ0) is 21.5. The highest BCUT2D eigenvalue weighted by molar-refractivity contribution is 5.92. The first kappa shape index (κ1) is 19.1. The third-order valence-electron chi connectivity index (χ3n) is 6.02. The van der Waals surface area contributed by atoms with E-state index in [0.29, 0.717) is 18.9 Å². The quantitative estimate of drug-likeness (QED) is 0.493. The second-order valence-electron chi connectivity index (χ2n) is 7.85. The van der Waals surface area contributed by atoms with Gasteiger partial charge in [0, 0.05) is 12.1 Å². The van der Waals surface area contributed by atoms with Gasteiger partial charge in [0.15, 0.2) is 0 Å². The summed E-state index contributed by atoms with van der Waals surface area (Å²) in [6.07, 6.45) is 4.00. The highest BCUT2D eigenvalue weighted by Crippen LogP contribution is 2.37. The fraction of sp³-hybridized carbons (Fsp3) is 0.154. The van der Waals surface area contributed by atoms with E-state index in [1.165, 1.54) is 11.1 Å². The molecule has 154 valence electrons. The molecule has 0 fully saturated rings. The minimum absolute atomic E-state index is 0.242. The summed E-state index contributed by atoms with van der Waals surface area (Å²) in [5.74, 6) is -0.263. The third kappa shape index (κ3) is 3.28. The third-order valence-corrected chi connectivity index (χ3v) is 6.02. The number of rotatable bonds is 3. The van der Waals surface area contributed by atoms with Crippen LogP contribution in [0.1, 0.15) is 38.2 Å². The zero-order valence-electron chi connectivity index (χ0n) is 17.4. The first-order valence-electron chi connectivity index (χ1n) is 10.2. The van der Waals surface area contributed by atoms with Crippen LogP contribution < -0.4 is 4.74 Å². The number of hydrogen-bond donors (Lipinski definition) is 1. The van der Waals surface area contributed by atoms with Crippen molar-refractivity contribution in [3.63, 3.8) is 0 Å². The molecule has 5 nitrogen and oxygen atoms in total. The molecule has 1 aromatic heterocycles. The zero-order valence-corrected chi connectivity index (χ0v) is 17.4. The van der Waals surface area contributed by atoms with Gasteiger partial charge >= 0.3 is 5.97 Å². The summed E-state index contributed by atoms with van der Waals surface area (Å²) < 4.78 is 8.14. The maximum Gasteiger partial charge on any atom is 0.335 e. The largest absolute Gasteiger partial charge is 0.488 e. The Morgan fingerprint density at radius 1 is 1.13 bits per heavy atom. The fourth-order valence-electron chi connectivity index (χ4n) is 4.13. The van der Waals surface area contributed by atoms with Gasteiger partial charge in [-0.3, -0.25) is 0 Å². The lowest BCUT2D eigenvalue weighted by Crippen LogP contribution is -2.00. The van der Waals surface area contributed by atoms with Gasteiger partial charge in [-0.25, -0.2) is 9.78 Å². The number of ether oxygens (including phenoxy) is 1. The van der Waals surface area contributed by atoms with E-state index >= 15 is 0 Å². The molecule has 3 aromatic carbocycles. The number of imidazole rings is 1. The number of aromatic nitrogens is 2. The van der Waals surface area contributed by atoms with E-state index in [-0.39, 0.29) is 5.56 Å². The van der Waals surface area contributed by atoms with Crippen molar-refractivity contribution >= 4 is 22.6 Å². The number of fused-ring (bicyclic) bond motifs is 3. The van der Waals surface area contributed by atoms with Crippen LogP contribution in [0.5, 0.6) is 5.75 Å². The Morgan fingerprint density at radius 3 is 2.81 bits per heavy atom. The topological polar surface area (TPSA) is 64.4 Å². The summed E-state index contributed by atoms with van der Waals surface area (Å²) in [4.78, 5) is 16.2. The van der Waals surface area contributed by atoms with Crippen LogP contribution in [0.3, 0.4) is 0 Å². The van der Waals surface area contributed by atoms with Crippen LogP contribution in [0.15, 0.2) is 67.0 Å². The van der Waals surface area contributed by atoms with Gasteiger partial charge in [-0.15, -0.1) is 0 Å².